The van der Waals surface area contributed by atoms with Crippen molar-refractivity contribution in [1.82, 2.24) is 10.3 Å². The first kappa shape index (κ1) is 10.9. The number of nitrogens with one attached hydrogen (secondary N) is 1. The summed E-state index contributed by atoms with van der Waals surface area (Å²) in [5.74, 6) is 0.585. The fourth-order valence-electron chi connectivity index (χ4n) is 1.44. The summed E-state index contributed by atoms with van der Waals surface area (Å²) in [5.41, 5.74) is 1.14. The molecule has 0 spiro atoms. The van der Waals surface area contributed by atoms with E-state index in [1.807, 2.05) is 12.1 Å². The molecule has 0 aliphatic heterocycles. The van der Waals surface area contributed by atoms with Gasteiger partial charge >= 0.3 is 0 Å². The molecule has 0 aliphatic carbocycles. The van der Waals surface area contributed by atoms with Crippen molar-refractivity contribution in [2.24, 2.45) is 0 Å². The first-order valence-corrected chi connectivity index (χ1v) is 5.17. The second kappa shape index (κ2) is 5.44. The Morgan fingerprint density at radius 3 is 2.81 bits per heavy atom. The minimum Gasteiger partial charge on any atom is -0.467 e. The number of nitrogens with zero attached hydrogens (tertiary/aromatic N) is 1. The lowest BCUT2D eigenvalue weighted by Gasteiger charge is -2.09. The van der Waals surface area contributed by atoms with Crippen LogP contribution in [0.25, 0.3) is 0 Å². The van der Waals surface area contributed by atoms with Gasteiger partial charge in [-0.1, -0.05) is 0 Å². The van der Waals surface area contributed by atoms with Gasteiger partial charge in [-0.2, -0.15) is 0 Å². The number of pyridine rings is 1. The number of aliphatic hydroxyl groups excluding tert-OH is 1. The minimum atomic E-state index is -0.600. The van der Waals surface area contributed by atoms with Crippen LogP contribution >= 0.6 is 0 Å². The van der Waals surface area contributed by atoms with Gasteiger partial charge in [-0.25, -0.2) is 0 Å². The quantitative estimate of drug-likeness (QED) is 0.798. The zero-order chi connectivity index (χ0) is 11.2. The molecule has 0 amide bonds. The average molecular weight is 218 g/mol. The van der Waals surface area contributed by atoms with Crippen LogP contribution in [0.15, 0.2) is 47.3 Å². The highest BCUT2D eigenvalue weighted by Gasteiger charge is 2.08. The van der Waals surface area contributed by atoms with Crippen LogP contribution in [0.2, 0.25) is 0 Å². The maximum atomic E-state index is 9.72. The molecule has 1 atom stereocenters. The molecule has 2 aromatic heterocycles. The number of hydrogen-bond acceptors (Lipinski definition) is 4. The lowest BCUT2D eigenvalue weighted by molar-refractivity contribution is 0.147. The predicted octanol–water partition coefficient (Wildman–Crippen LogP) is 1.50. The highest BCUT2D eigenvalue weighted by atomic mass is 16.4. The Labute approximate surface area is 93.9 Å². The number of furan rings is 1. The lowest BCUT2D eigenvalue weighted by Crippen LogP contribution is -2.20. The maximum absolute atomic E-state index is 9.72. The molecule has 16 heavy (non-hydrogen) atoms. The summed E-state index contributed by atoms with van der Waals surface area (Å²) in [6, 6.07) is 7.40. The molecule has 2 N–H and O–H groups in total. The van der Waals surface area contributed by atoms with E-state index in [9.17, 15) is 5.11 Å². The third kappa shape index (κ3) is 2.92. The molecule has 2 heterocycles. The Balaban J connectivity index is 1.76. The van der Waals surface area contributed by atoms with E-state index in [1.54, 1.807) is 30.8 Å². The van der Waals surface area contributed by atoms with E-state index in [4.69, 9.17) is 4.42 Å². The van der Waals surface area contributed by atoms with Crippen LogP contribution in [0.1, 0.15) is 17.4 Å². The van der Waals surface area contributed by atoms with Gasteiger partial charge in [0, 0.05) is 25.5 Å². The second-order valence-corrected chi connectivity index (χ2v) is 3.52. The molecule has 4 nitrogen and oxygen atoms in total. The molecule has 84 valence electrons. The van der Waals surface area contributed by atoms with Gasteiger partial charge in [-0.15, -0.1) is 0 Å². The van der Waals surface area contributed by atoms with Crippen molar-refractivity contribution in [3.8, 4) is 0 Å². The highest BCUT2D eigenvalue weighted by Crippen LogP contribution is 2.11. The van der Waals surface area contributed by atoms with E-state index >= 15 is 0 Å². The zero-order valence-electron chi connectivity index (χ0n) is 8.84. The largest absolute Gasteiger partial charge is 0.467 e. The van der Waals surface area contributed by atoms with Gasteiger partial charge in [0.1, 0.15) is 11.9 Å². The van der Waals surface area contributed by atoms with Gasteiger partial charge in [-0.05, 0) is 29.8 Å². The lowest BCUT2D eigenvalue weighted by atomic mass is 10.2. The molecule has 0 aliphatic rings. The van der Waals surface area contributed by atoms with Crippen LogP contribution < -0.4 is 5.32 Å². The van der Waals surface area contributed by atoms with Crippen molar-refractivity contribution < 1.29 is 9.52 Å². The maximum Gasteiger partial charge on any atom is 0.133 e. The molecular weight excluding hydrogens is 204 g/mol. The van der Waals surface area contributed by atoms with E-state index in [0.29, 0.717) is 18.8 Å². The summed E-state index contributed by atoms with van der Waals surface area (Å²) >= 11 is 0. The van der Waals surface area contributed by atoms with Crippen molar-refractivity contribution in [3.63, 3.8) is 0 Å². The molecule has 2 aromatic rings. The van der Waals surface area contributed by atoms with Crippen LogP contribution in [0.5, 0.6) is 0 Å². The van der Waals surface area contributed by atoms with Crippen LogP contribution in [-0.2, 0) is 6.54 Å². The van der Waals surface area contributed by atoms with Gasteiger partial charge in [0.25, 0.3) is 0 Å². The Morgan fingerprint density at radius 1 is 1.31 bits per heavy atom. The molecular formula is C12H14N2O2. The average Bonchev–Trinajstić information content (AvgIpc) is 2.84. The van der Waals surface area contributed by atoms with Crippen molar-refractivity contribution in [2.75, 3.05) is 6.54 Å². The Hall–Kier alpha value is -1.65. The molecule has 1 unspecified atom stereocenters. The molecule has 0 radical (unpaired) electrons. The predicted molar refractivity (Wildman–Crippen MR) is 59.6 cm³/mol. The number of hydrogen-bond donors (Lipinski definition) is 2. The molecule has 2 rings (SSSR count). The fraction of sp³-hybridized carbons (Fsp3) is 0.250. The van der Waals surface area contributed by atoms with Crippen LogP contribution in [0.3, 0.4) is 0 Å². The smallest absolute Gasteiger partial charge is 0.133 e. The van der Waals surface area contributed by atoms with Gasteiger partial charge in [-0.3, -0.25) is 4.98 Å². The standard InChI is InChI=1S/C12H14N2O2/c15-11(12-2-1-7-16-12)9-14-8-10-3-5-13-6-4-10/h1-7,11,14-15H,8-9H2. The Morgan fingerprint density at radius 2 is 2.12 bits per heavy atom. The third-order valence-electron chi connectivity index (χ3n) is 2.29. The Kier molecular flexibility index (Phi) is 3.69. The molecule has 0 aromatic carbocycles. The topological polar surface area (TPSA) is 58.3 Å². The first-order chi connectivity index (χ1) is 7.86. The van der Waals surface area contributed by atoms with Gasteiger partial charge in [0.2, 0.25) is 0 Å². The van der Waals surface area contributed by atoms with Gasteiger partial charge in [0.15, 0.2) is 0 Å². The summed E-state index contributed by atoms with van der Waals surface area (Å²) in [6.45, 7) is 1.18. The molecule has 4 heteroatoms. The molecule has 0 fully saturated rings. The zero-order valence-corrected chi connectivity index (χ0v) is 8.84. The number of rotatable bonds is 5. The van der Waals surface area contributed by atoms with Crippen LogP contribution in [0, 0.1) is 0 Å². The molecule has 0 bridgehead atoms. The first-order valence-electron chi connectivity index (χ1n) is 5.17. The van der Waals surface area contributed by atoms with Crippen molar-refractivity contribution in [3.05, 3.63) is 54.2 Å². The number of aliphatic hydroxyl groups is 1. The van der Waals surface area contributed by atoms with Crippen molar-refractivity contribution >= 4 is 0 Å². The second-order valence-electron chi connectivity index (χ2n) is 3.52. The van der Waals surface area contributed by atoms with Crippen molar-refractivity contribution in [2.45, 2.75) is 12.6 Å². The summed E-state index contributed by atoms with van der Waals surface area (Å²) in [7, 11) is 0. The Bertz CT molecular complexity index is 400. The highest BCUT2D eigenvalue weighted by molar-refractivity contribution is 5.09. The van der Waals surface area contributed by atoms with Crippen molar-refractivity contribution in [1.29, 1.82) is 0 Å². The monoisotopic (exact) mass is 218 g/mol. The summed E-state index contributed by atoms with van der Waals surface area (Å²) < 4.78 is 5.10. The summed E-state index contributed by atoms with van der Waals surface area (Å²) in [5, 5.41) is 12.9. The summed E-state index contributed by atoms with van der Waals surface area (Å²) in [6.07, 6.45) is 4.46. The minimum absolute atomic E-state index is 0.468. The normalized spacial score (nSPS) is 12.6. The van der Waals surface area contributed by atoms with E-state index in [-0.39, 0.29) is 0 Å². The summed E-state index contributed by atoms with van der Waals surface area (Å²) in [4.78, 5) is 3.94. The van der Waals surface area contributed by atoms with Crippen LogP contribution in [-0.4, -0.2) is 16.6 Å². The molecule has 0 saturated heterocycles. The van der Waals surface area contributed by atoms with E-state index in [2.05, 4.69) is 10.3 Å². The molecule has 0 saturated carbocycles. The van der Waals surface area contributed by atoms with E-state index in [1.165, 1.54) is 0 Å². The number of aromatic nitrogens is 1. The third-order valence-corrected chi connectivity index (χ3v) is 2.29. The fourth-order valence-corrected chi connectivity index (χ4v) is 1.44. The van der Waals surface area contributed by atoms with E-state index in [0.717, 1.165) is 5.56 Å². The van der Waals surface area contributed by atoms with Crippen LogP contribution in [0.4, 0.5) is 0 Å². The SMILES string of the molecule is OC(CNCc1ccncc1)c1ccco1. The van der Waals surface area contributed by atoms with Gasteiger partial charge < -0.3 is 14.8 Å². The van der Waals surface area contributed by atoms with Gasteiger partial charge in [0.05, 0.1) is 6.26 Å². The van der Waals surface area contributed by atoms with E-state index < -0.39 is 6.10 Å².